The molecule has 0 saturated carbocycles. The molecule has 0 heterocycles. The van der Waals surface area contributed by atoms with Crippen molar-refractivity contribution in [3.05, 3.63) is 0 Å². The molecule has 0 aromatic rings. The van der Waals surface area contributed by atoms with E-state index in [0.717, 1.165) is 35.0 Å². The van der Waals surface area contributed by atoms with Gasteiger partial charge in [-0.3, -0.25) is 0 Å². The van der Waals surface area contributed by atoms with Crippen molar-refractivity contribution in [1.29, 1.82) is 0 Å². The van der Waals surface area contributed by atoms with Crippen LogP contribution in [0.3, 0.4) is 0 Å². The van der Waals surface area contributed by atoms with Gasteiger partial charge in [0, 0.05) is 26.4 Å². The van der Waals surface area contributed by atoms with E-state index in [9.17, 15) is 0 Å². The van der Waals surface area contributed by atoms with Crippen molar-refractivity contribution < 1.29 is 9.47 Å². The SMILES string of the molecule is CCOCCCPCCCOCC. The monoisotopic (exact) mass is 206 g/mol. The summed E-state index contributed by atoms with van der Waals surface area (Å²) in [4.78, 5) is 0. The van der Waals surface area contributed by atoms with Gasteiger partial charge in [0.2, 0.25) is 0 Å². The highest BCUT2D eigenvalue weighted by Crippen LogP contribution is 2.12. The molecule has 2 nitrogen and oxygen atoms in total. The van der Waals surface area contributed by atoms with Gasteiger partial charge in [-0.15, -0.1) is 8.58 Å². The van der Waals surface area contributed by atoms with Crippen LogP contribution in [0.1, 0.15) is 26.7 Å². The van der Waals surface area contributed by atoms with E-state index in [0.29, 0.717) is 0 Å². The zero-order chi connectivity index (χ0) is 9.78. The summed E-state index contributed by atoms with van der Waals surface area (Å²) >= 11 is 0. The minimum atomic E-state index is 0.855. The van der Waals surface area contributed by atoms with Crippen molar-refractivity contribution in [2.75, 3.05) is 38.8 Å². The summed E-state index contributed by atoms with van der Waals surface area (Å²) in [5, 5.41) is 0. The third-order valence-electron chi connectivity index (χ3n) is 1.69. The zero-order valence-corrected chi connectivity index (χ0v) is 9.97. The van der Waals surface area contributed by atoms with E-state index in [1.807, 2.05) is 13.8 Å². The second-order valence-corrected chi connectivity index (χ2v) is 4.35. The predicted octanol–water partition coefficient (Wildman–Crippen LogP) is 2.52. The second kappa shape index (κ2) is 12.3. The van der Waals surface area contributed by atoms with Gasteiger partial charge >= 0.3 is 0 Å². The first-order valence-corrected chi connectivity index (χ1v) is 6.69. The van der Waals surface area contributed by atoms with Crippen molar-refractivity contribution in [2.24, 2.45) is 0 Å². The van der Waals surface area contributed by atoms with E-state index in [4.69, 9.17) is 9.47 Å². The van der Waals surface area contributed by atoms with E-state index >= 15 is 0 Å². The summed E-state index contributed by atoms with van der Waals surface area (Å²) in [7, 11) is 1.09. The van der Waals surface area contributed by atoms with Gasteiger partial charge in [0.15, 0.2) is 0 Å². The number of ether oxygens (including phenoxy) is 2. The summed E-state index contributed by atoms with van der Waals surface area (Å²) in [6.07, 6.45) is 5.10. The molecule has 0 aromatic carbocycles. The third kappa shape index (κ3) is 12.4. The molecule has 0 N–H and O–H groups in total. The van der Waals surface area contributed by atoms with Gasteiger partial charge in [-0.05, 0) is 39.0 Å². The minimum Gasteiger partial charge on any atom is -0.382 e. The fourth-order valence-electron chi connectivity index (χ4n) is 1.01. The summed E-state index contributed by atoms with van der Waals surface area (Å²) in [6.45, 7) is 7.68. The average molecular weight is 206 g/mol. The largest absolute Gasteiger partial charge is 0.382 e. The third-order valence-corrected chi connectivity index (χ3v) is 3.11. The summed E-state index contributed by atoms with van der Waals surface area (Å²) < 4.78 is 10.5. The maximum absolute atomic E-state index is 5.26. The summed E-state index contributed by atoms with van der Waals surface area (Å²) in [5.41, 5.74) is 0. The normalized spacial score (nSPS) is 10.6. The van der Waals surface area contributed by atoms with Crippen LogP contribution >= 0.6 is 8.58 Å². The molecule has 0 rings (SSSR count). The van der Waals surface area contributed by atoms with Gasteiger partial charge in [0.1, 0.15) is 0 Å². The average Bonchev–Trinajstić information content (AvgIpc) is 2.16. The molecule has 0 spiro atoms. The Labute approximate surface area is 84.2 Å². The van der Waals surface area contributed by atoms with Crippen LogP contribution in [0.25, 0.3) is 0 Å². The Morgan fingerprint density at radius 1 is 0.846 bits per heavy atom. The minimum absolute atomic E-state index is 0.855. The van der Waals surface area contributed by atoms with Crippen molar-refractivity contribution >= 4 is 8.58 Å². The molecule has 0 bridgehead atoms. The molecular formula is C10H23O2P. The van der Waals surface area contributed by atoms with Crippen LogP contribution in [0.15, 0.2) is 0 Å². The van der Waals surface area contributed by atoms with Crippen LogP contribution in [0, 0.1) is 0 Å². The van der Waals surface area contributed by atoms with Crippen molar-refractivity contribution in [1.82, 2.24) is 0 Å². The van der Waals surface area contributed by atoms with E-state index < -0.39 is 0 Å². The topological polar surface area (TPSA) is 18.5 Å². The van der Waals surface area contributed by atoms with Crippen molar-refractivity contribution in [2.45, 2.75) is 26.7 Å². The van der Waals surface area contributed by atoms with Gasteiger partial charge in [-0.25, -0.2) is 0 Å². The molecule has 0 aliphatic rings. The maximum atomic E-state index is 5.26. The van der Waals surface area contributed by atoms with E-state index in [1.165, 1.54) is 25.2 Å². The molecule has 0 fully saturated rings. The first kappa shape index (κ1) is 13.4. The number of hydrogen-bond donors (Lipinski definition) is 0. The van der Waals surface area contributed by atoms with Gasteiger partial charge in [0.25, 0.3) is 0 Å². The summed E-state index contributed by atoms with van der Waals surface area (Å²) in [6, 6.07) is 0. The van der Waals surface area contributed by atoms with Crippen LogP contribution in [0.4, 0.5) is 0 Å². The smallest absolute Gasteiger partial charge is 0.0469 e. The Hall–Kier alpha value is 0.350. The second-order valence-electron chi connectivity index (χ2n) is 2.85. The molecule has 0 aliphatic heterocycles. The number of rotatable bonds is 10. The predicted molar refractivity (Wildman–Crippen MR) is 60.3 cm³/mol. The number of hydrogen-bond acceptors (Lipinski definition) is 2. The lowest BCUT2D eigenvalue weighted by atomic mass is 10.5. The van der Waals surface area contributed by atoms with Crippen molar-refractivity contribution in [3.8, 4) is 0 Å². The first-order chi connectivity index (χ1) is 6.41. The lowest BCUT2D eigenvalue weighted by Crippen LogP contribution is -1.96. The Bertz CT molecular complexity index is 79.0. The molecule has 0 saturated heterocycles. The molecule has 0 aromatic heterocycles. The molecule has 0 radical (unpaired) electrons. The van der Waals surface area contributed by atoms with Crippen molar-refractivity contribution in [3.63, 3.8) is 0 Å². The zero-order valence-electron chi connectivity index (χ0n) is 8.97. The standard InChI is InChI=1S/C10H23O2P/c1-3-11-7-5-9-13-10-6-8-12-4-2/h13H,3-10H2,1-2H3. The molecule has 0 amide bonds. The van der Waals surface area contributed by atoms with Crippen LogP contribution in [-0.4, -0.2) is 38.8 Å². The molecule has 0 atom stereocenters. The van der Waals surface area contributed by atoms with Crippen LogP contribution in [-0.2, 0) is 9.47 Å². The lowest BCUT2D eigenvalue weighted by molar-refractivity contribution is 0.148. The quantitative estimate of drug-likeness (QED) is 0.404. The highest BCUT2D eigenvalue weighted by molar-refractivity contribution is 7.37. The van der Waals surface area contributed by atoms with Gasteiger partial charge in [0.05, 0.1) is 0 Å². The van der Waals surface area contributed by atoms with Crippen LogP contribution in [0.5, 0.6) is 0 Å². The molecular weight excluding hydrogens is 183 g/mol. The molecule has 0 unspecified atom stereocenters. The summed E-state index contributed by atoms with van der Waals surface area (Å²) in [5.74, 6) is 0. The van der Waals surface area contributed by atoms with Gasteiger partial charge in [-0.2, -0.15) is 0 Å². The van der Waals surface area contributed by atoms with Crippen LogP contribution < -0.4 is 0 Å². The Morgan fingerprint density at radius 3 is 1.69 bits per heavy atom. The van der Waals surface area contributed by atoms with E-state index in [2.05, 4.69) is 0 Å². The fraction of sp³-hybridized carbons (Fsp3) is 1.00. The Morgan fingerprint density at radius 2 is 1.31 bits per heavy atom. The lowest BCUT2D eigenvalue weighted by Gasteiger charge is -2.02. The molecule has 3 heteroatoms. The molecule has 80 valence electrons. The molecule has 13 heavy (non-hydrogen) atoms. The molecule has 0 aliphatic carbocycles. The van der Waals surface area contributed by atoms with E-state index in [-0.39, 0.29) is 0 Å². The maximum Gasteiger partial charge on any atom is 0.0469 e. The van der Waals surface area contributed by atoms with Gasteiger partial charge < -0.3 is 9.47 Å². The van der Waals surface area contributed by atoms with Crippen LogP contribution in [0.2, 0.25) is 0 Å². The Kier molecular flexibility index (Phi) is 12.7. The highest BCUT2D eigenvalue weighted by Gasteiger charge is 1.90. The van der Waals surface area contributed by atoms with E-state index in [1.54, 1.807) is 0 Å². The van der Waals surface area contributed by atoms with Gasteiger partial charge in [-0.1, -0.05) is 0 Å². The first-order valence-electron chi connectivity index (χ1n) is 5.28. The fourth-order valence-corrected chi connectivity index (χ4v) is 2.05. The highest BCUT2D eigenvalue weighted by atomic mass is 31.1. The Balaban J connectivity index is 2.76.